The fraction of sp³-hybridized carbons (Fsp3) is 0.250. The van der Waals surface area contributed by atoms with E-state index >= 15 is 0 Å². The number of rotatable bonds is 3. The molecule has 2 heterocycles. The molecule has 0 saturated heterocycles. The van der Waals surface area contributed by atoms with Crippen molar-refractivity contribution in [1.82, 2.24) is 9.88 Å². The molecule has 19 heavy (non-hydrogen) atoms. The molecule has 0 atom stereocenters. The average molecular weight is 298 g/mol. The number of benzene rings is 1. The number of aromatic nitrogens is 1. The number of aliphatic imine (C=N–C) groups is 1. The van der Waals surface area contributed by atoms with Gasteiger partial charge >= 0.3 is 0 Å². The molecular formula is C12H12ClN3O2S. The fourth-order valence-corrected chi connectivity index (χ4v) is 3.31. The smallest absolute Gasteiger partial charge is 0.263 e. The first-order chi connectivity index (χ1) is 9.05. The predicted octanol–water partition coefficient (Wildman–Crippen LogP) is 1.57. The van der Waals surface area contributed by atoms with E-state index in [1.807, 2.05) is 16.7 Å². The van der Waals surface area contributed by atoms with Crippen LogP contribution in [0.3, 0.4) is 0 Å². The number of fused-ring (bicyclic) bond motifs is 1. The molecule has 100 valence electrons. The Labute approximate surface area is 115 Å². The number of nitrogens with zero attached hydrogens (tertiary/aromatic N) is 2. The number of halogens is 1. The Kier molecular flexibility index (Phi) is 2.99. The minimum atomic E-state index is -3.75. The summed E-state index contributed by atoms with van der Waals surface area (Å²) in [6, 6.07) is 7.29. The topological polar surface area (TPSA) is 63.5 Å². The highest BCUT2D eigenvalue weighted by Crippen LogP contribution is 2.27. The molecule has 7 heteroatoms. The van der Waals surface area contributed by atoms with Crippen molar-refractivity contribution >= 4 is 36.5 Å². The summed E-state index contributed by atoms with van der Waals surface area (Å²) in [5.74, 6) is 0.860. The van der Waals surface area contributed by atoms with Crippen LogP contribution in [0.1, 0.15) is 0 Å². The molecule has 0 fully saturated rings. The van der Waals surface area contributed by atoms with Gasteiger partial charge < -0.3 is 9.88 Å². The number of hydrogen-bond donors (Lipinski definition) is 1. The quantitative estimate of drug-likeness (QED) is 0.875. The van der Waals surface area contributed by atoms with Crippen molar-refractivity contribution in [1.29, 1.82) is 0 Å². The summed E-state index contributed by atoms with van der Waals surface area (Å²) in [5, 5.41) is 3.80. The number of nitrogens with one attached hydrogen (secondary N) is 1. The molecule has 0 radical (unpaired) electrons. The molecule has 3 rings (SSSR count). The maximum absolute atomic E-state index is 11.6. The first-order valence-corrected chi connectivity index (χ1v) is 8.16. The van der Waals surface area contributed by atoms with Crippen LogP contribution in [0.5, 0.6) is 0 Å². The molecule has 0 saturated carbocycles. The third kappa shape index (κ3) is 2.33. The Bertz CT molecular complexity index is 764. The van der Waals surface area contributed by atoms with Gasteiger partial charge in [0.15, 0.2) is 0 Å². The molecule has 0 unspecified atom stereocenters. The molecule has 1 aliphatic heterocycles. The fourth-order valence-electron chi connectivity index (χ4n) is 2.25. The second-order valence-electron chi connectivity index (χ2n) is 4.33. The van der Waals surface area contributed by atoms with E-state index in [-0.39, 0.29) is 4.90 Å². The third-order valence-electron chi connectivity index (χ3n) is 3.08. The Morgan fingerprint density at radius 1 is 1.37 bits per heavy atom. The summed E-state index contributed by atoms with van der Waals surface area (Å²) in [5.41, 5.74) is 0.832. The average Bonchev–Trinajstić information content (AvgIpc) is 2.97. The zero-order valence-electron chi connectivity index (χ0n) is 10.0. The molecule has 0 bridgehead atoms. The van der Waals surface area contributed by atoms with Gasteiger partial charge in [-0.05, 0) is 6.07 Å². The standard InChI is InChI=1S/C12H12ClN3O2S/c13-19(17,18)11-7-16(8-12-14-5-6-15-12)10-4-2-1-3-9(10)11/h1-4,7H,5-6,8H2,(H,14,15). The molecule has 0 spiro atoms. The van der Waals surface area contributed by atoms with E-state index in [1.54, 1.807) is 18.3 Å². The van der Waals surface area contributed by atoms with Crippen LogP contribution >= 0.6 is 10.7 Å². The van der Waals surface area contributed by atoms with Crippen LogP contribution in [0.4, 0.5) is 0 Å². The van der Waals surface area contributed by atoms with Gasteiger partial charge in [0.25, 0.3) is 9.05 Å². The van der Waals surface area contributed by atoms with E-state index in [0.717, 1.165) is 24.4 Å². The lowest BCUT2D eigenvalue weighted by molar-refractivity contribution is 0.610. The van der Waals surface area contributed by atoms with Crippen LogP contribution in [0, 0.1) is 0 Å². The highest BCUT2D eigenvalue weighted by atomic mass is 35.7. The lowest BCUT2D eigenvalue weighted by Crippen LogP contribution is -2.23. The Morgan fingerprint density at radius 2 is 2.16 bits per heavy atom. The van der Waals surface area contributed by atoms with Gasteiger partial charge in [0, 0.05) is 34.3 Å². The van der Waals surface area contributed by atoms with Gasteiger partial charge in [0.2, 0.25) is 0 Å². The summed E-state index contributed by atoms with van der Waals surface area (Å²) in [4.78, 5) is 4.45. The second kappa shape index (κ2) is 4.54. The van der Waals surface area contributed by atoms with E-state index in [0.29, 0.717) is 11.9 Å². The molecule has 2 aromatic rings. The number of hydrogen-bond acceptors (Lipinski definition) is 4. The Hall–Kier alpha value is -1.53. The van der Waals surface area contributed by atoms with Crippen molar-refractivity contribution in [3.05, 3.63) is 30.5 Å². The summed E-state index contributed by atoms with van der Waals surface area (Å²) >= 11 is 0. The normalized spacial score (nSPS) is 15.5. The predicted molar refractivity (Wildman–Crippen MR) is 75.3 cm³/mol. The first kappa shape index (κ1) is 12.5. The largest absolute Gasteiger partial charge is 0.370 e. The van der Waals surface area contributed by atoms with Crippen molar-refractivity contribution in [2.45, 2.75) is 11.4 Å². The van der Waals surface area contributed by atoms with Crippen molar-refractivity contribution in [2.75, 3.05) is 13.1 Å². The summed E-state index contributed by atoms with van der Waals surface area (Å²) < 4.78 is 25.1. The van der Waals surface area contributed by atoms with Gasteiger partial charge in [-0.15, -0.1) is 0 Å². The molecule has 1 aromatic carbocycles. The van der Waals surface area contributed by atoms with Gasteiger partial charge in [0.1, 0.15) is 10.7 Å². The van der Waals surface area contributed by atoms with E-state index in [9.17, 15) is 8.42 Å². The van der Waals surface area contributed by atoms with Gasteiger partial charge in [-0.25, -0.2) is 8.42 Å². The minimum absolute atomic E-state index is 0.142. The van der Waals surface area contributed by atoms with Crippen LogP contribution in [0.2, 0.25) is 0 Å². The van der Waals surface area contributed by atoms with E-state index in [1.165, 1.54) is 0 Å². The van der Waals surface area contributed by atoms with E-state index in [2.05, 4.69) is 10.3 Å². The SMILES string of the molecule is O=S(=O)(Cl)c1cn(CC2=NCCN2)c2ccccc12. The van der Waals surface area contributed by atoms with E-state index in [4.69, 9.17) is 10.7 Å². The maximum Gasteiger partial charge on any atom is 0.263 e. The highest BCUT2D eigenvalue weighted by molar-refractivity contribution is 8.14. The summed E-state index contributed by atoms with van der Waals surface area (Å²) in [6.45, 7) is 2.11. The molecular weight excluding hydrogens is 286 g/mol. The number of para-hydroxylation sites is 1. The molecule has 1 aromatic heterocycles. The van der Waals surface area contributed by atoms with E-state index < -0.39 is 9.05 Å². The van der Waals surface area contributed by atoms with Crippen molar-refractivity contribution in [3.63, 3.8) is 0 Å². The van der Waals surface area contributed by atoms with Crippen LogP contribution in [0.15, 0.2) is 40.4 Å². The van der Waals surface area contributed by atoms with Gasteiger partial charge in [-0.1, -0.05) is 18.2 Å². The minimum Gasteiger partial charge on any atom is -0.370 e. The lowest BCUT2D eigenvalue weighted by atomic mass is 10.2. The second-order valence-corrected chi connectivity index (χ2v) is 6.87. The highest BCUT2D eigenvalue weighted by Gasteiger charge is 2.19. The molecule has 0 aliphatic carbocycles. The third-order valence-corrected chi connectivity index (χ3v) is 4.43. The zero-order valence-corrected chi connectivity index (χ0v) is 11.6. The number of amidine groups is 1. The lowest BCUT2D eigenvalue weighted by Gasteiger charge is -2.05. The molecule has 1 N–H and O–H groups in total. The Balaban J connectivity index is 2.14. The zero-order chi connectivity index (χ0) is 13.5. The summed E-state index contributed by atoms with van der Waals surface area (Å²) in [6.07, 6.45) is 1.56. The summed E-state index contributed by atoms with van der Waals surface area (Å²) in [7, 11) is 1.73. The van der Waals surface area contributed by atoms with Gasteiger partial charge in [0.05, 0.1) is 13.1 Å². The van der Waals surface area contributed by atoms with Crippen molar-refractivity contribution < 1.29 is 8.42 Å². The molecule has 1 aliphatic rings. The Morgan fingerprint density at radius 3 is 2.84 bits per heavy atom. The first-order valence-electron chi connectivity index (χ1n) is 5.85. The van der Waals surface area contributed by atoms with Crippen LogP contribution in [-0.4, -0.2) is 31.9 Å². The van der Waals surface area contributed by atoms with Gasteiger partial charge in [-0.2, -0.15) is 0 Å². The maximum atomic E-state index is 11.6. The van der Waals surface area contributed by atoms with Crippen LogP contribution in [-0.2, 0) is 15.6 Å². The molecule has 0 amide bonds. The van der Waals surface area contributed by atoms with Crippen LogP contribution in [0.25, 0.3) is 10.9 Å². The van der Waals surface area contributed by atoms with Crippen LogP contribution < -0.4 is 5.32 Å². The monoisotopic (exact) mass is 297 g/mol. The molecule has 5 nitrogen and oxygen atoms in total. The van der Waals surface area contributed by atoms with Crippen molar-refractivity contribution in [2.24, 2.45) is 4.99 Å². The van der Waals surface area contributed by atoms with Gasteiger partial charge in [-0.3, -0.25) is 4.99 Å². The van der Waals surface area contributed by atoms with Crippen molar-refractivity contribution in [3.8, 4) is 0 Å².